The van der Waals surface area contributed by atoms with Crippen molar-refractivity contribution in [3.63, 3.8) is 0 Å². The maximum Gasteiger partial charge on any atom is 0.416 e. The number of fused-ring (bicyclic) bond motifs is 1. The number of rotatable bonds is 2. The van der Waals surface area contributed by atoms with Crippen LogP contribution in [0.1, 0.15) is 24.8 Å². The molecule has 2 aromatic rings. The van der Waals surface area contributed by atoms with E-state index in [0.717, 1.165) is 31.4 Å². The van der Waals surface area contributed by atoms with Gasteiger partial charge < -0.3 is 4.98 Å². The molecule has 0 bridgehead atoms. The van der Waals surface area contributed by atoms with Crippen LogP contribution in [0.5, 0.6) is 0 Å². The summed E-state index contributed by atoms with van der Waals surface area (Å²) in [4.78, 5) is 2.39. The molecule has 0 spiro atoms. The molecule has 1 saturated heterocycles. The van der Waals surface area contributed by atoms with Gasteiger partial charge in [-0.15, -0.1) is 0 Å². The van der Waals surface area contributed by atoms with Crippen molar-refractivity contribution in [2.24, 2.45) is 0 Å². The van der Waals surface area contributed by atoms with Gasteiger partial charge in [-0.1, -0.05) is 6.42 Å². The minimum absolute atomic E-state index is 0.172. The monoisotopic (exact) mass is 332 g/mol. The first-order valence-electron chi connectivity index (χ1n) is 6.98. The molecule has 22 heavy (non-hydrogen) atoms. The second-order valence-corrected chi connectivity index (χ2v) is 7.28. The summed E-state index contributed by atoms with van der Waals surface area (Å²) >= 11 is 0. The fourth-order valence-electron chi connectivity index (χ4n) is 2.75. The summed E-state index contributed by atoms with van der Waals surface area (Å²) < 4.78 is 65.8. The lowest BCUT2D eigenvalue weighted by atomic mass is 10.1. The Morgan fingerprint density at radius 3 is 2.41 bits per heavy atom. The number of aromatic nitrogens is 1. The molecule has 8 heteroatoms. The van der Waals surface area contributed by atoms with Gasteiger partial charge in [0.2, 0.25) is 10.0 Å². The van der Waals surface area contributed by atoms with Gasteiger partial charge in [-0.3, -0.25) is 0 Å². The molecule has 0 unspecified atom stereocenters. The molecule has 0 aliphatic carbocycles. The van der Waals surface area contributed by atoms with E-state index in [-0.39, 0.29) is 10.4 Å². The van der Waals surface area contributed by atoms with Gasteiger partial charge >= 0.3 is 6.18 Å². The predicted molar refractivity (Wildman–Crippen MR) is 75.9 cm³/mol. The molecule has 0 radical (unpaired) electrons. The number of benzene rings is 1. The minimum atomic E-state index is -4.59. The number of nitrogens with zero attached hydrogens (tertiary/aromatic N) is 1. The van der Waals surface area contributed by atoms with Gasteiger partial charge in [0.1, 0.15) is 0 Å². The van der Waals surface area contributed by atoms with Crippen molar-refractivity contribution in [2.75, 3.05) is 13.1 Å². The SMILES string of the molecule is O=S(=O)(c1cc(C(F)(F)F)cc2[nH]ccc12)N1CCCCC1. The predicted octanol–water partition coefficient (Wildman–Crippen LogP) is 3.36. The van der Waals surface area contributed by atoms with Gasteiger partial charge in [0, 0.05) is 30.2 Å². The lowest BCUT2D eigenvalue weighted by Gasteiger charge is -2.26. The van der Waals surface area contributed by atoms with Crippen LogP contribution in [-0.4, -0.2) is 30.8 Å². The first-order valence-corrected chi connectivity index (χ1v) is 8.42. The summed E-state index contributed by atoms with van der Waals surface area (Å²) in [5.41, 5.74) is -0.788. The Bertz CT molecular complexity index is 790. The minimum Gasteiger partial charge on any atom is -0.361 e. The van der Waals surface area contributed by atoms with Crippen molar-refractivity contribution in [1.82, 2.24) is 9.29 Å². The first-order chi connectivity index (χ1) is 10.3. The number of hydrogen-bond donors (Lipinski definition) is 1. The van der Waals surface area contributed by atoms with Crippen molar-refractivity contribution in [1.29, 1.82) is 0 Å². The van der Waals surface area contributed by atoms with E-state index < -0.39 is 21.8 Å². The van der Waals surface area contributed by atoms with Crippen molar-refractivity contribution in [3.8, 4) is 0 Å². The molecule has 1 fully saturated rings. The number of halogens is 3. The van der Waals surface area contributed by atoms with Crippen LogP contribution in [-0.2, 0) is 16.2 Å². The number of nitrogens with one attached hydrogen (secondary N) is 1. The van der Waals surface area contributed by atoms with Crippen LogP contribution >= 0.6 is 0 Å². The number of piperidine rings is 1. The normalized spacial score (nSPS) is 18.0. The lowest BCUT2D eigenvalue weighted by molar-refractivity contribution is -0.137. The zero-order chi connectivity index (χ0) is 16.0. The van der Waals surface area contributed by atoms with E-state index in [0.29, 0.717) is 18.5 Å². The zero-order valence-electron chi connectivity index (χ0n) is 11.7. The molecule has 4 nitrogen and oxygen atoms in total. The second-order valence-electron chi connectivity index (χ2n) is 5.38. The third-order valence-corrected chi connectivity index (χ3v) is 5.83. The molecular weight excluding hydrogens is 317 g/mol. The average molecular weight is 332 g/mol. The van der Waals surface area contributed by atoms with Crippen LogP contribution in [0.4, 0.5) is 13.2 Å². The maximum absolute atomic E-state index is 13.0. The summed E-state index contributed by atoms with van der Waals surface area (Å²) in [6.45, 7) is 0.703. The summed E-state index contributed by atoms with van der Waals surface area (Å²) in [6.07, 6.45) is -0.747. The van der Waals surface area contributed by atoms with E-state index in [4.69, 9.17) is 0 Å². The molecular formula is C14H15F3N2O2S. The van der Waals surface area contributed by atoms with E-state index >= 15 is 0 Å². The second kappa shape index (κ2) is 5.27. The Labute approximate surface area is 126 Å². The van der Waals surface area contributed by atoms with Crippen LogP contribution in [0.25, 0.3) is 10.9 Å². The fraction of sp³-hybridized carbons (Fsp3) is 0.429. The highest BCUT2D eigenvalue weighted by atomic mass is 32.2. The molecule has 120 valence electrons. The average Bonchev–Trinajstić information content (AvgIpc) is 2.94. The Kier molecular flexibility index (Phi) is 3.68. The topological polar surface area (TPSA) is 53.2 Å². The molecule has 2 heterocycles. The van der Waals surface area contributed by atoms with Gasteiger partial charge in [-0.25, -0.2) is 8.42 Å². The van der Waals surface area contributed by atoms with Crippen LogP contribution < -0.4 is 0 Å². The standard InChI is InChI=1S/C14H15F3N2O2S/c15-14(16,17)10-8-12-11(4-5-18-12)13(9-10)22(20,21)19-6-2-1-3-7-19/h4-5,8-9,18H,1-3,6-7H2. The Balaban J connectivity index is 2.18. The lowest BCUT2D eigenvalue weighted by Crippen LogP contribution is -2.35. The Hall–Kier alpha value is -1.54. The van der Waals surface area contributed by atoms with E-state index in [2.05, 4.69) is 4.98 Å². The number of aromatic amines is 1. The molecule has 1 aromatic carbocycles. The van der Waals surface area contributed by atoms with Gasteiger partial charge in [0.25, 0.3) is 0 Å². The fourth-order valence-corrected chi connectivity index (χ4v) is 4.50. The highest BCUT2D eigenvalue weighted by Gasteiger charge is 2.35. The summed E-state index contributed by atoms with van der Waals surface area (Å²) in [6, 6.07) is 3.16. The van der Waals surface area contributed by atoms with Crippen LogP contribution in [0.2, 0.25) is 0 Å². The van der Waals surface area contributed by atoms with E-state index in [1.54, 1.807) is 0 Å². The van der Waals surface area contributed by atoms with Crippen LogP contribution in [0, 0.1) is 0 Å². The number of hydrogen-bond acceptors (Lipinski definition) is 2. The number of H-pyrrole nitrogens is 1. The molecule has 0 saturated carbocycles. The number of sulfonamides is 1. The molecule has 0 amide bonds. The summed E-state index contributed by atoms with van der Waals surface area (Å²) in [5.74, 6) is 0. The molecule has 1 aliphatic heterocycles. The van der Waals surface area contributed by atoms with Gasteiger partial charge in [-0.05, 0) is 31.0 Å². The van der Waals surface area contributed by atoms with Crippen molar-refractivity contribution in [3.05, 3.63) is 30.0 Å². The third-order valence-electron chi connectivity index (χ3n) is 3.89. The summed E-state index contributed by atoms with van der Waals surface area (Å²) in [5, 5.41) is 0.290. The van der Waals surface area contributed by atoms with Gasteiger partial charge in [0.15, 0.2) is 0 Å². The van der Waals surface area contributed by atoms with Gasteiger partial charge in [0.05, 0.1) is 10.5 Å². The molecule has 1 aliphatic rings. The Morgan fingerprint density at radius 1 is 1.09 bits per heavy atom. The molecule has 1 N–H and O–H groups in total. The highest BCUT2D eigenvalue weighted by Crippen LogP contribution is 2.35. The quantitative estimate of drug-likeness (QED) is 0.917. The summed E-state index contributed by atoms with van der Waals surface area (Å²) in [7, 11) is -3.93. The third kappa shape index (κ3) is 2.61. The molecule has 1 aromatic heterocycles. The smallest absolute Gasteiger partial charge is 0.361 e. The zero-order valence-corrected chi connectivity index (χ0v) is 12.5. The van der Waals surface area contributed by atoms with Crippen molar-refractivity contribution >= 4 is 20.9 Å². The van der Waals surface area contributed by atoms with Crippen molar-refractivity contribution < 1.29 is 21.6 Å². The number of alkyl halides is 3. The van der Waals surface area contributed by atoms with Gasteiger partial charge in [-0.2, -0.15) is 17.5 Å². The molecule has 3 rings (SSSR count). The van der Waals surface area contributed by atoms with E-state index in [1.807, 2.05) is 0 Å². The first kappa shape index (κ1) is 15.4. The van der Waals surface area contributed by atoms with Crippen LogP contribution in [0.15, 0.2) is 29.3 Å². The largest absolute Gasteiger partial charge is 0.416 e. The molecule has 0 atom stereocenters. The highest BCUT2D eigenvalue weighted by molar-refractivity contribution is 7.89. The van der Waals surface area contributed by atoms with Crippen molar-refractivity contribution in [2.45, 2.75) is 30.3 Å². The van der Waals surface area contributed by atoms with E-state index in [1.165, 1.54) is 16.6 Å². The van der Waals surface area contributed by atoms with E-state index in [9.17, 15) is 21.6 Å². The van der Waals surface area contributed by atoms with Crippen LogP contribution in [0.3, 0.4) is 0 Å². The Morgan fingerprint density at radius 2 is 1.77 bits per heavy atom. The maximum atomic E-state index is 13.0.